The molecule has 5 rings (SSSR count). The van der Waals surface area contributed by atoms with E-state index in [0.717, 1.165) is 0 Å². The molecule has 1 N–H and O–H groups in total. The van der Waals surface area contributed by atoms with Crippen LogP contribution in [0.4, 0.5) is 20.5 Å². The third-order valence-electron chi connectivity index (χ3n) is 4.38. The molecule has 1 saturated heterocycles. The van der Waals surface area contributed by atoms with Crippen molar-refractivity contribution in [2.75, 3.05) is 30.1 Å². The Labute approximate surface area is 151 Å². The van der Waals surface area contributed by atoms with Crippen molar-refractivity contribution in [1.82, 2.24) is 4.98 Å². The normalized spacial score (nSPS) is 17.0. The van der Waals surface area contributed by atoms with Gasteiger partial charge in [0.05, 0.1) is 13.1 Å². The van der Waals surface area contributed by atoms with E-state index in [9.17, 15) is 13.6 Å². The summed E-state index contributed by atoms with van der Waals surface area (Å²) in [7, 11) is 0. The second-order valence-corrected chi connectivity index (χ2v) is 6.41. The molecule has 0 atom stereocenters. The summed E-state index contributed by atoms with van der Waals surface area (Å²) in [4.78, 5) is 18.0. The van der Waals surface area contributed by atoms with E-state index in [1.54, 1.807) is 36.4 Å². The van der Waals surface area contributed by atoms with E-state index in [0.29, 0.717) is 33.8 Å². The Morgan fingerprint density at radius 1 is 1.11 bits per heavy atom. The summed E-state index contributed by atoms with van der Waals surface area (Å²) in [6.45, 7) is -0.685. The first-order valence-electron chi connectivity index (χ1n) is 8.21. The fourth-order valence-corrected chi connectivity index (χ4v) is 3.02. The Morgan fingerprint density at radius 2 is 1.93 bits per heavy atom. The molecule has 2 aliphatic heterocycles. The summed E-state index contributed by atoms with van der Waals surface area (Å²) >= 11 is 0. The van der Waals surface area contributed by atoms with Crippen LogP contribution in [0.25, 0.3) is 11.1 Å². The van der Waals surface area contributed by atoms with Gasteiger partial charge in [-0.3, -0.25) is 4.79 Å². The van der Waals surface area contributed by atoms with Crippen molar-refractivity contribution in [3.8, 4) is 11.5 Å². The van der Waals surface area contributed by atoms with Gasteiger partial charge in [-0.1, -0.05) is 0 Å². The molecule has 1 fully saturated rings. The second kappa shape index (κ2) is 5.57. The lowest BCUT2D eigenvalue weighted by atomic mass is 10.2. The van der Waals surface area contributed by atoms with E-state index in [1.165, 1.54) is 4.90 Å². The van der Waals surface area contributed by atoms with Crippen LogP contribution < -0.4 is 19.7 Å². The Bertz CT molecular complexity index is 1060. The predicted octanol–water partition coefficient (Wildman–Crippen LogP) is 3.26. The number of hydrogen-bond donors (Lipinski definition) is 1. The lowest BCUT2D eigenvalue weighted by Gasteiger charge is -2.37. The minimum atomic E-state index is -2.70. The zero-order valence-corrected chi connectivity index (χ0v) is 13.9. The van der Waals surface area contributed by atoms with Crippen molar-refractivity contribution in [3.05, 3.63) is 42.0 Å². The largest absolute Gasteiger partial charge is 0.454 e. The van der Waals surface area contributed by atoms with E-state index < -0.39 is 19.0 Å². The lowest BCUT2D eigenvalue weighted by Crippen LogP contribution is -2.56. The number of rotatable bonds is 3. The number of nitrogens with zero attached hydrogens (tertiary/aromatic N) is 2. The second-order valence-electron chi connectivity index (χ2n) is 6.41. The molecule has 0 spiro atoms. The van der Waals surface area contributed by atoms with Crippen molar-refractivity contribution in [2.45, 2.75) is 5.92 Å². The van der Waals surface area contributed by atoms with Gasteiger partial charge in [0, 0.05) is 11.3 Å². The van der Waals surface area contributed by atoms with E-state index >= 15 is 0 Å². The number of halogens is 2. The molecule has 0 bridgehead atoms. The van der Waals surface area contributed by atoms with Gasteiger partial charge in [-0.2, -0.15) is 4.98 Å². The number of carbonyl (C=O) groups excluding carboxylic acids is 1. The van der Waals surface area contributed by atoms with Crippen LogP contribution in [0.15, 0.2) is 40.8 Å². The predicted molar refractivity (Wildman–Crippen MR) is 91.7 cm³/mol. The van der Waals surface area contributed by atoms with Gasteiger partial charge in [0.2, 0.25) is 6.79 Å². The standard InChI is InChI=1S/C18H13F2N3O4/c19-18(20)7-23(8-18)17-22-12-6-11(2-4-13(12)27-17)21-16(24)10-1-3-14-15(5-10)26-9-25-14/h1-6H,7-9H2,(H,21,24). The number of amides is 1. The van der Waals surface area contributed by atoms with Crippen LogP contribution in [0.1, 0.15) is 10.4 Å². The number of oxazole rings is 1. The van der Waals surface area contributed by atoms with Crippen molar-refractivity contribution in [1.29, 1.82) is 0 Å². The number of alkyl halides is 2. The molecule has 9 heteroatoms. The van der Waals surface area contributed by atoms with Crippen molar-refractivity contribution in [3.63, 3.8) is 0 Å². The number of ether oxygens (including phenoxy) is 2. The van der Waals surface area contributed by atoms with Crippen molar-refractivity contribution in [2.24, 2.45) is 0 Å². The van der Waals surface area contributed by atoms with Gasteiger partial charge in [0.1, 0.15) is 5.52 Å². The zero-order chi connectivity index (χ0) is 18.6. The van der Waals surface area contributed by atoms with Crippen LogP contribution in [0.3, 0.4) is 0 Å². The minimum Gasteiger partial charge on any atom is -0.454 e. The molecular formula is C18H13F2N3O4. The highest BCUT2D eigenvalue weighted by Gasteiger charge is 2.45. The minimum absolute atomic E-state index is 0.133. The quantitative estimate of drug-likeness (QED) is 0.759. The molecule has 138 valence electrons. The monoisotopic (exact) mass is 373 g/mol. The first-order chi connectivity index (χ1) is 13.0. The lowest BCUT2D eigenvalue weighted by molar-refractivity contribution is -0.0287. The van der Waals surface area contributed by atoms with Gasteiger partial charge in [-0.05, 0) is 36.4 Å². The third kappa shape index (κ3) is 2.80. The number of nitrogens with one attached hydrogen (secondary N) is 1. The van der Waals surface area contributed by atoms with E-state index in [4.69, 9.17) is 13.9 Å². The number of benzene rings is 2. The smallest absolute Gasteiger partial charge is 0.298 e. The van der Waals surface area contributed by atoms with Gasteiger partial charge in [0.25, 0.3) is 17.8 Å². The fourth-order valence-electron chi connectivity index (χ4n) is 3.02. The molecule has 3 aromatic rings. The zero-order valence-electron chi connectivity index (χ0n) is 13.9. The number of fused-ring (bicyclic) bond motifs is 2. The molecule has 0 saturated carbocycles. The van der Waals surface area contributed by atoms with Gasteiger partial charge >= 0.3 is 0 Å². The molecule has 1 amide bonds. The van der Waals surface area contributed by atoms with Gasteiger partial charge in [-0.15, -0.1) is 0 Å². The topological polar surface area (TPSA) is 76.8 Å². The Balaban J connectivity index is 1.35. The molecule has 2 aromatic carbocycles. The molecule has 1 aromatic heterocycles. The Morgan fingerprint density at radius 3 is 2.74 bits per heavy atom. The molecule has 2 aliphatic rings. The Hall–Kier alpha value is -3.36. The maximum absolute atomic E-state index is 13.0. The molecule has 0 unspecified atom stereocenters. The SMILES string of the molecule is O=C(Nc1ccc2oc(N3CC(F)(F)C3)nc2c1)c1ccc2c(c1)OCO2. The van der Waals surface area contributed by atoms with Crippen LogP contribution in [0, 0.1) is 0 Å². The van der Waals surface area contributed by atoms with Crippen LogP contribution in [-0.4, -0.2) is 36.7 Å². The first-order valence-corrected chi connectivity index (χ1v) is 8.21. The first kappa shape index (κ1) is 15.9. The van der Waals surface area contributed by atoms with Crippen LogP contribution in [0.5, 0.6) is 11.5 Å². The van der Waals surface area contributed by atoms with Crippen molar-refractivity contribution < 1.29 is 27.5 Å². The summed E-state index contributed by atoms with van der Waals surface area (Å²) < 4.78 is 42.0. The van der Waals surface area contributed by atoms with Gasteiger partial charge < -0.3 is 24.1 Å². The highest BCUT2D eigenvalue weighted by molar-refractivity contribution is 6.05. The van der Waals surface area contributed by atoms with E-state index in [-0.39, 0.29) is 18.7 Å². The fraction of sp³-hybridized carbons (Fsp3) is 0.222. The van der Waals surface area contributed by atoms with Crippen LogP contribution in [0.2, 0.25) is 0 Å². The van der Waals surface area contributed by atoms with Gasteiger partial charge in [-0.25, -0.2) is 8.78 Å². The van der Waals surface area contributed by atoms with E-state index in [1.807, 2.05) is 0 Å². The van der Waals surface area contributed by atoms with Crippen LogP contribution >= 0.6 is 0 Å². The van der Waals surface area contributed by atoms with Crippen molar-refractivity contribution >= 4 is 28.7 Å². The average molecular weight is 373 g/mol. The molecule has 7 nitrogen and oxygen atoms in total. The van der Waals surface area contributed by atoms with Gasteiger partial charge in [0.15, 0.2) is 17.1 Å². The number of anilines is 2. The highest BCUT2D eigenvalue weighted by Crippen LogP contribution is 2.34. The van der Waals surface area contributed by atoms with Crippen LogP contribution in [-0.2, 0) is 0 Å². The van der Waals surface area contributed by atoms with E-state index in [2.05, 4.69) is 10.3 Å². The summed E-state index contributed by atoms with van der Waals surface area (Å²) in [6, 6.07) is 9.99. The Kier molecular flexibility index (Phi) is 3.27. The molecule has 3 heterocycles. The summed E-state index contributed by atoms with van der Waals surface area (Å²) in [5, 5.41) is 2.77. The molecule has 27 heavy (non-hydrogen) atoms. The third-order valence-corrected chi connectivity index (χ3v) is 4.38. The maximum atomic E-state index is 13.0. The maximum Gasteiger partial charge on any atom is 0.298 e. The summed E-state index contributed by atoms with van der Waals surface area (Å²) in [6.07, 6.45) is 0. The average Bonchev–Trinajstić information content (AvgIpc) is 3.24. The highest BCUT2D eigenvalue weighted by atomic mass is 19.3. The molecule has 0 radical (unpaired) electrons. The number of hydrogen-bond acceptors (Lipinski definition) is 6. The number of carbonyl (C=O) groups is 1. The summed E-state index contributed by atoms with van der Waals surface area (Å²) in [5.41, 5.74) is 1.87. The number of aromatic nitrogens is 1. The summed E-state index contributed by atoms with van der Waals surface area (Å²) in [5.74, 6) is -1.91. The molecule has 0 aliphatic carbocycles. The molecular weight excluding hydrogens is 360 g/mol.